The number of carbonyl (C=O) groups excluding carboxylic acids is 3. The van der Waals surface area contributed by atoms with Crippen LogP contribution in [0.5, 0.6) is 0 Å². The summed E-state index contributed by atoms with van der Waals surface area (Å²) in [6.45, 7) is 5.05. The lowest BCUT2D eigenvalue weighted by atomic mass is 10.2. The van der Waals surface area contributed by atoms with Crippen LogP contribution in [0, 0.1) is 5.92 Å². The minimum Gasteiger partial charge on any atom is -0.481 e. The van der Waals surface area contributed by atoms with Gasteiger partial charge in [-0.15, -0.1) is 0 Å². The summed E-state index contributed by atoms with van der Waals surface area (Å²) in [7, 11) is 0. The number of aromatic nitrogens is 2. The lowest BCUT2D eigenvalue weighted by Crippen LogP contribution is -2.40. The first kappa shape index (κ1) is 21.4. The number of carboxylic acids is 1. The molecule has 2 N–H and O–H groups in total. The molecule has 10 nitrogen and oxygen atoms in total. The van der Waals surface area contributed by atoms with E-state index in [9.17, 15) is 19.2 Å². The lowest BCUT2D eigenvalue weighted by Gasteiger charge is -2.27. The van der Waals surface area contributed by atoms with Crippen LogP contribution in [0.25, 0.3) is 0 Å². The van der Waals surface area contributed by atoms with Gasteiger partial charge in [0.05, 0.1) is 19.1 Å². The van der Waals surface area contributed by atoms with Crippen molar-refractivity contribution in [2.75, 3.05) is 26.2 Å². The van der Waals surface area contributed by atoms with Crippen LogP contribution in [0.2, 0.25) is 0 Å². The van der Waals surface area contributed by atoms with E-state index in [1.807, 2.05) is 0 Å². The third-order valence-electron chi connectivity index (χ3n) is 4.46. The second kappa shape index (κ2) is 9.86. The number of esters is 1. The van der Waals surface area contributed by atoms with Crippen molar-refractivity contribution < 1.29 is 29.0 Å². The average molecular weight is 394 g/mol. The molecule has 0 radical (unpaired) electrons. The Hall–Kier alpha value is -2.91. The van der Waals surface area contributed by atoms with E-state index in [4.69, 9.17) is 9.84 Å². The number of carbonyl (C=O) groups is 4. The summed E-state index contributed by atoms with van der Waals surface area (Å²) >= 11 is 0. The summed E-state index contributed by atoms with van der Waals surface area (Å²) in [4.78, 5) is 48.6. The summed E-state index contributed by atoms with van der Waals surface area (Å²) in [5.41, 5.74) is 0.415. The van der Waals surface area contributed by atoms with Gasteiger partial charge in [-0.05, 0) is 19.8 Å². The first-order valence-corrected chi connectivity index (χ1v) is 9.37. The maximum absolute atomic E-state index is 12.6. The molecule has 0 aliphatic carbocycles. The molecule has 1 aromatic rings. The van der Waals surface area contributed by atoms with Crippen molar-refractivity contribution in [1.29, 1.82) is 0 Å². The Bertz CT molecular complexity index is 744. The van der Waals surface area contributed by atoms with Gasteiger partial charge < -0.3 is 20.1 Å². The number of unbranched alkanes of at least 4 members (excludes halogenated alkanes) is 1. The quantitative estimate of drug-likeness (QED) is 0.437. The zero-order valence-electron chi connectivity index (χ0n) is 16.1. The maximum atomic E-state index is 12.6. The molecule has 0 bridgehead atoms. The summed E-state index contributed by atoms with van der Waals surface area (Å²) in [5.74, 6) is -2.68. The van der Waals surface area contributed by atoms with E-state index in [2.05, 4.69) is 10.4 Å². The first-order valence-electron chi connectivity index (χ1n) is 9.37. The molecule has 2 rings (SSSR count). The number of nitrogens with zero attached hydrogens (tertiary/aromatic N) is 3. The van der Waals surface area contributed by atoms with E-state index in [1.165, 1.54) is 17.7 Å². The van der Waals surface area contributed by atoms with Crippen LogP contribution in [0.4, 0.5) is 0 Å². The van der Waals surface area contributed by atoms with Gasteiger partial charge in [-0.25, -0.2) is 0 Å². The van der Waals surface area contributed by atoms with Crippen LogP contribution in [-0.4, -0.2) is 69.8 Å². The standard InChI is InChI=1S/C18H26N4O6/c1-3-28-15(23)6-4-5-7-21-8-9-22-14(17(21)25)10-13(20-22)16(24)19-11-12(2)18(26)27/h10,12H,3-9,11H2,1-2H3,(H,19,24)(H,26,27). The van der Waals surface area contributed by atoms with Gasteiger partial charge in [-0.1, -0.05) is 6.92 Å². The fourth-order valence-electron chi connectivity index (χ4n) is 2.79. The zero-order chi connectivity index (χ0) is 20.7. The van der Waals surface area contributed by atoms with Crippen LogP contribution < -0.4 is 5.32 Å². The van der Waals surface area contributed by atoms with Crippen molar-refractivity contribution in [2.24, 2.45) is 5.92 Å². The molecule has 0 saturated heterocycles. The number of aliphatic carboxylic acids is 1. The minimum atomic E-state index is -1.00. The van der Waals surface area contributed by atoms with Gasteiger partial charge >= 0.3 is 11.9 Å². The Kier molecular flexibility index (Phi) is 7.53. The van der Waals surface area contributed by atoms with E-state index in [-0.39, 0.29) is 24.1 Å². The molecule has 0 aromatic carbocycles. The lowest BCUT2D eigenvalue weighted by molar-refractivity contribution is -0.143. The van der Waals surface area contributed by atoms with Crippen LogP contribution >= 0.6 is 0 Å². The van der Waals surface area contributed by atoms with E-state index >= 15 is 0 Å². The molecule has 1 aromatic heterocycles. The molecular formula is C18H26N4O6. The monoisotopic (exact) mass is 394 g/mol. The highest BCUT2D eigenvalue weighted by Crippen LogP contribution is 2.15. The number of carboxylic acid groups (broad SMARTS) is 1. The Labute approximate surface area is 162 Å². The third-order valence-corrected chi connectivity index (χ3v) is 4.46. The van der Waals surface area contributed by atoms with Gasteiger partial charge in [0.25, 0.3) is 11.8 Å². The number of ether oxygens (including phenoxy) is 1. The van der Waals surface area contributed by atoms with Crippen LogP contribution in [-0.2, 0) is 20.9 Å². The highest BCUT2D eigenvalue weighted by molar-refractivity contribution is 5.98. The van der Waals surface area contributed by atoms with Crippen molar-refractivity contribution in [3.63, 3.8) is 0 Å². The van der Waals surface area contributed by atoms with Gasteiger partial charge in [0.15, 0.2) is 5.69 Å². The molecule has 1 unspecified atom stereocenters. The Balaban J connectivity index is 1.88. The Morgan fingerprint density at radius 2 is 2.07 bits per heavy atom. The van der Waals surface area contributed by atoms with Crippen molar-refractivity contribution in [1.82, 2.24) is 20.0 Å². The Morgan fingerprint density at radius 1 is 1.32 bits per heavy atom. The van der Waals surface area contributed by atoms with Crippen LogP contribution in [0.15, 0.2) is 6.07 Å². The summed E-state index contributed by atoms with van der Waals surface area (Å²) in [5, 5.41) is 15.5. The van der Waals surface area contributed by atoms with Crippen LogP contribution in [0.3, 0.4) is 0 Å². The van der Waals surface area contributed by atoms with Crippen LogP contribution in [0.1, 0.15) is 54.1 Å². The second-order valence-corrected chi connectivity index (χ2v) is 6.64. The summed E-state index contributed by atoms with van der Waals surface area (Å²) < 4.78 is 6.37. The van der Waals surface area contributed by atoms with E-state index in [0.717, 1.165) is 0 Å². The van der Waals surface area contributed by atoms with Gasteiger partial charge in [0, 0.05) is 32.1 Å². The number of hydrogen-bond acceptors (Lipinski definition) is 6. The molecule has 1 atom stereocenters. The molecule has 28 heavy (non-hydrogen) atoms. The van der Waals surface area contributed by atoms with Gasteiger partial charge in [0.1, 0.15) is 5.69 Å². The topological polar surface area (TPSA) is 131 Å². The zero-order valence-corrected chi connectivity index (χ0v) is 16.1. The fourth-order valence-corrected chi connectivity index (χ4v) is 2.79. The normalized spacial score (nSPS) is 14.4. The molecule has 2 amide bonds. The smallest absolute Gasteiger partial charge is 0.308 e. The van der Waals surface area contributed by atoms with Gasteiger partial charge in [-0.3, -0.25) is 23.9 Å². The number of fused-ring (bicyclic) bond motifs is 1. The molecule has 1 aliphatic heterocycles. The van der Waals surface area contributed by atoms with E-state index in [0.29, 0.717) is 51.2 Å². The molecule has 1 aliphatic rings. The van der Waals surface area contributed by atoms with Gasteiger partial charge in [0.2, 0.25) is 0 Å². The highest BCUT2D eigenvalue weighted by Gasteiger charge is 2.27. The largest absolute Gasteiger partial charge is 0.481 e. The Morgan fingerprint density at radius 3 is 2.75 bits per heavy atom. The van der Waals surface area contributed by atoms with Gasteiger partial charge in [-0.2, -0.15) is 5.10 Å². The molecule has 2 heterocycles. The number of nitrogens with one attached hydrogen (secondary N) is 1. The second-order valence-electron chi connectivity index (χ2n) is 6.64. The molecule has 0 saturated carbocycles. The number of hydrogen-bond donors (Lipinski definition) is 2. The molecule has 0 spiro atoms. The van der Waals surface area contributed by atoms with E-state index < -0.39 is 17.8 Å². The van der Waals surface area contributed by atoms with E-state index in [1.54, 1.807) is 11.8 Å². The SMILES string of the molecule is CCOC(=O)CCCCN1CCn2nc(C(=O)NCC(C)C(=O)O)cc2C1=O. The average Bonchev–Trinajstić information content (AvgIpc) is 3.10. The predicted molar refractivity (Wildman–Crippen MR) is 97.7 cm³/mol. The molecule has 0 fully saturated rings. The van der Waals surface area contributed by atoms with Crippen molar-refractivity contribution in [2.45, 2.75) is 39.7 Å². The van der Waals surface area contributed by atoms with Crippen molar-refractivity contribution in [3.05, 3.63) is 17.5 Å². The highest BCUT2D eigenvalue weighted by atomic mass is 16.5. The third kappa shape index (κ3) is 5.54. The summed E-state index contributed by atoms with van der Waals surface area (Å²) in [6, 6.07) is 1.42. The molecule has 154 valence electrons. The number of amides is 2. The number of rotatable bonds is 10. The fraction of sp³-hybridized carbons (Fsp3) is 0.611. The van der Waals surface area contributed by atoms with Crippen molar-refractivity contribution >= 4 is 23.8 Å². The minimum absolute atomic E-state index is 0.0170. The summed E-state index contributed by atoms with van der Waals surface area (Å²) in [6.07, 6.45) is 1.64. The van der Waals surface area contributed by atoms with Crippen molar-refractivity contribution in [3.8, 4) is 0 Å². The molecule has 10 heteroatoms. The first-order chi connectivity index (χ1) is 13.3. The predicted octanol–water partition coefficient (Wildman–Crippen LogP) is 0.523. The maximum Gasteiger partial charge on any atom is 0.308 e. The molecular weight excluding hydrogens is 368 g/mol.